The fourth-order valence-corrected chi connectivity index (χ4v) is 1.48. The summed E-state index contributed by atoms with van der Waals surface area (Å²) in [5, 5.41) is 8.92. The first-order valence-corrected chi connectivity index (χ1v) is 5.29. The zero-order chi connectivity index (χ0) is 12.0. The zero-order valence-electron chi connectivity index (χ0n) is 9.56. The lowest BCUT2D eigenvalue weighted by atomic mass is 9.97. The van der Waals surface area contributed by atoms with Crippen molar-refractivity contribution < 1.29 is 9.53 Å². The molecule has 0 heterocycles. The third kappa shape index (κ3) is 3.09. The second-order valence-electron chi connectivity index (χ2n) is 3.56. The molecule has 0 bridgehead atoms. The monoisotopic (exact) mass is 217 g/mol. The molecule has 0 aliphatic carbocycles. The van der Waals surface area contributed by atoms with Crippen LogP contribution in [0.2, 0.25) is 0 Å². The van der Waals surface area contributed by atoms with E-state index in [2.05, 4.69) is 0 Å². The second kappa shape index (κ2) is 5.92. The summed E-state index contributed by atoms with van der Waals surface area (Å²) < 4.78 is 4.85. The van der Waals surface area contributed by atoms with Crippen LogP contribution in [0, 0.1) is 24.2 Å². The average molecular weight is 217 g/mol. The summed E-state index contributed by atoms with van der Waals surface area (Å²) in [5.74, 6) is -1.14. The molecule has 1 aromatic rings. The van der Waals surface area contributed by atoms with Crippen molar-refractivity contribution in [1.29, 1.82) is 5.26 Å². The van der Waals surface area contributed by atoms with Crippen LogP contribution in [0.25, 0.3) is 0 Å². The number of benzene rings is 1. The van der Waals surface area contributed by atoms with E-state index in [4.69, 9.17) is 10.00 Å². The van der Waals surface area contributed by atoms with E-state index in [9.17, 15) is 4.79 Å². The van der Waals surface area contributed by atoms with E-state index in [0.29, 0.717) is 13.0 Å². The number of carbonyl (C=O) groups excluding carboxylic acids is 1. The summed E-state index contributed by atoms with van der Waals surface area (Å²) >= 11 is 0. The van der Waals surface area contributed by atoms with E-state index >= 15 is 0 Å². The van der Waals surface area contributed by atoms with E-state index < -0.39 is 11.9 Å². The van der Waals surface area contributed by atoms with Crippen LogP contribution < -0.4 is 0 Å². The third-order valence-electron chi connectivity index (χ3n) is 2.41. The maximum Gasteiger partial charge on any atom is 0.323 e. The molecule has 1 aromatic carbocycles. The van der Waals surface area contributed by atoms with Gasteiger partial charge in [-0.2, -0.15) is 5.26 Å². The predicted molar refractivity (Wildman–Crippen MR) is 60.6 cm³/mol. The SMILES string of the molecule is CCOC(=O)[C@H](C#N)Cc1ccccc1C. The Bertz CT molecular complexity index is 407. The number of nitrogens with zero attached hydrogens (tertiary/aromatic N) is 1. The number of ether oxygens (including phenoxy) is 1. The first kappa shape index (κ1) is 12.3. The Labute approximate surface area is 95.7 Å². The smallest absolute Gasteiger partial charge is 0.323 e. The zero-order valence-corrected chi connectivity index (χ0v) is 9.56. The number of hydrogen-bond acceptors (Lipinski definition) is 3. The van der Waals surface area contributed by atoms with E-state index in [1.165, 1.54) is 0 Å². The van der Waals surface area contributed by atoms with Gasteiger partial charge in [-0.05, 0) is 31.4 Å². The first-order valence-electron chi connectivity index (χ1n) is 5.29. The van der Waals surface area contributed by atoms with Crippen LogP contribution in [0.15, 0.2) is 24.3 Å². The van der Waals surface area contributed by atoms with E-state index in [1.807, 2.05) is 37.3 Å². The van der Waals surface area contributed by atoms with E-state index in [1.54, 1.807) is 6.92 Å². The number of hydrogen-bond donors (Lipinski definition) is 0. The van der Waals surface area contributed by atoms with Crippen molar-refractivity contribution in [2.24, 2.45) is 5.92 Å². The van der Waals surface area contributed by atoms with Crippen LogP contribution in [-0.4, -0.2) is 12.6 Å². The van der Waals surface area contributed by atoms with Crippen molar-refractivity contribution in [2.75, 3.05) is 6.61 Å². The molecule has 0 unspecified atom stereocenters. The quantitative estimate of drug-likeness (QED) is 0.727. The molecule has 84 valence electrons. The van der Waals surface area contributed by atoms with E-state index in [-0.39, 0.29) is 0 Å². The van der Waals surface area contributed by atoms with Gasteiger partial charge >= 0.3 is 5.97 Å². The fraction of sp³-hybridized carbons (Fsp3) is 0.385. The van der Waals surface area contributed by atoms with Gasteiger partial charge in [0.1, 0.15) is 5.92 Å². The molecule has 0 amide bonds. The molecular formula is C13H15NO2. The Morgan fingerprint density at radius 2 is 2.19 bits per heavy atom. The van der Waals surface area contributed by atoms with Gasteiger partial charge in [-0.3, -0.25) is 4.79 Å². The van der Waals surface area contributed by atoms with Gasteiger partial charge in [0, 0.05) is 0 Å². The normalized spacial score (nSPS) is 11.6. The molecular weight excluding hydrogens is 202 g/mol. The van der Waals surface area contributed by atoms with Gasteiger partial charge in [0.25, 0.3) is 0 Å². The molecule has 0 spiro atoms. The highest BCUT2D eigenvalue weighted by atomic mass is 16.5. The number of aryl methyl sites for hydroxylation is 1. The lowest BCUT2D eigenvalue weighted by molar-refractivity contribution is -0.145. The van der Waals surface area contributed by atoms with Gasteiger partial charge < -0.3 is 4.74 Å². The van der Waals surface area contributed by atoms with Crippen molar-refractivity contribution in [2.45, 2.75) is 20.3 Å². The molecule has 16 heavy (non-hydrogen) atoms. The molecule has 0 aromatic heterocycles. The van der Waals surface area contributed by atoms with Crippen LogP contribution in [0.5, 0.6) is 0 Å². The van der Waals surface area contributed by atoms with E-state index in [0.717, 1.165) is 11.1 Å². The van der Waals surface area contributed by atoms with Gasteiger partial charge in [0.05, 0.1) is 12.7 Å². The third-order valence-corrected chi connectivity index (χ3v) is 2.41. The van der Waals surface area contributed by atoms with Crippen molar-refractivity contribution in [3.05, 3.63) is 35.4 Å². The summed E-state index contributed by atoms with van der Waals surface area (Å²) in [6.07, 6.45) is 0.419. The first-order chi connectivity index (χ1) is 7.69. The topological polar surface area (TPSA) is 50.1 Å². The standard InChI is InChI=1S/C13H15NO2/c1-3-16-13(15)12(9-14)8-11-7-5-4-6-10(11)2/h4-7,12H,3,8H2,1-2H3/t12-/m0/s1. The highest BCUT2D eigenvalue weighted by molar-refractivity contribution is 5.75. The Hall–Kier alpha value is -1.82. The maximum absolute atomic E-state index is 11.4. The highest BCUT2D eigenvalue weighted by Gasteiger charge is 2.20. The number of carbonyl (C=O) groups is 1. The number of nitriles is 1. The van der Waals surface area contributed by atoms with Crippen molar-refractivity contribution in [3.63, 3.8) is 0 Å². The highest BCUT2D eigenvalue weighted by Crippen LogP contribution is 2.14. The predicted octanol–water partition coefficient (Wildman–Crippen LogP) is 2.24. The Morgan fingerprint density at radius 1 is 1.50 bits per heavy atom. The molecule has 0 saturated carbocycles. The maximum atomic E-state index is 11.4. The molecule has 3 nitrogen and oxygen atoms in total. The van der Waals surface area contributed by atoms with Crippen LogP contribution in [0.3, 0.4) is 0 Å². The molecule has 3 heteroatoms. The van der Waals surface area contributed by atoms with Gasteiger partial charge in [-0.15, -0.1) is 0 Å². The molecule has 1 atom stereocenters. The van der Waals surface area contributed by atoms with Crippen LogP contribution in [0.1, 0.15) is 18.1 Å². The minimum atomic E-state index is -0.707. The van der Waals surface area contributed by atoms with Crippen LogP contribution in [0.4, 0.5) is 0 Å². The summed E-state index contributed by atoms with van der Waals surface area (Å²) in [5.41, 5.74) is 2.11. The van der Waals surface area contributed by atoms with Gasteiger partial charge in [-0.1, -0.05) is 24.3 Å². The Kier molecular flexibility index (Phi) is 4.53. The van der Waals surface area contributed by atoms with Gasteiger partial charge in [-0.25, -0.2) is 0 Å². The number of rotatable bonds is 4. The molecule has 1 rings (SSSR count). The molecule has 0 aliphatic heterocycles. The lowest BCUT2D eigenvalue weighted by Gasteiger charge is -2.10. The molecule has 0 saturated heterocycles. The largest absolute Gasteiger partial charge is 0.465 e. The van der Waals surface area contributed by atoms with Crippen molar-refractivity contribution in [1.82, 2.24) is 0 Å². The van der Waals surface area contributed by atoms with Crippen LogP contribution >= 0.6 is 0 Å². The van der Waals surface area contributed by atoms with Crippen molar-refractivity contribution >= 4 is 5.97 Å². The molecule has 0 radical (unpaired) electrons. The summed E-state index contributed by atoms with van der Waals surface area (Å²) in [6.45, 7) is 4.01. The number of esters is 1. The molecule has 0 fully saturated rings. The van der Waals surface area contributed by atoms with Gasteiger partial charge in [0.15, 0.2) is 0 Å². The minimum Gasteiger partial charge on any atom is -0.465 e. The van der Waals surface area contributed by atoms with Crippen LogP contribution in [-0.2, 0) is 16.0 Å². The summed E-state index contributed by atoms with van der Waals surface area (Å²) in [4.78, 5) is 11.4. The Morgan fingerprint density at radius 3 is 2.75 bits per heavy atom. The average Bonchev–Trinajstić information content (AvgIpc) is 2.28. The fourth-order valence-electron chi connectivity index (χ4n) is 1.48. The summed E-state index contributed by atoms with van der Waals surface area (Å²) in [7, 11) is 0. The Balaban J connectivity index is 2.75. The molecule has 0 aliphatic rings. The molecule has 0 N–H and O–H groups in total. The lowest BCUT2D eigenvalue weighted by Crippen LogP contribution is -2.18. The second-order valence-corrected chi connectivity index (χ2v) is 3.56. The van der Waals surface area contributed by atoms with Gasteiger partial charge in [0.2, 0.25) is 0 Å². The minimum absolute atomic E-state index is 0.310. The van der Waals surface area contributed by atoms with Crippen molar-refractivity contribution in [3.8, 4) is 6.07 Å². The summed E-state index contributed by atoms with van der Waals surface area (Å²) in [6, 6.07) is 9.72.